The molecule has 6 heteroatoms. The van der Waals surface area contributed by atoms with Crippen LogP contribution in [0.2, 0.25) is 0 Å². The number of carbonyl (C=O) groups is 1. The Bertz CT molecular complexity index is 446. The number of hydrogen-bond acceptors (Lipinski definition) is 3. The van der Waals surface area contributed by atoms with Gasteiger partial charge in [0, 0.05) is 39.1 Å². The van der Waals surface area contributed by atoms with Gasteiger partial charge in [0.25, 0.3) is 0 Å². The molecule has 0 aromatic rings. The van der Waals surface area contributed by atoms with Crippen molar-refractivity contribution in [1.82, 2.24) is 20.4 Å². The third-order valence-electron chi connectivity index (χ3n) is 5.59. The van der Waals surface area contributed by atoms with Gasteiger partial charge in [-0.15, -0.1) is 0 Å². The molecule has 0 bridgehead atoms. The summed E-state index contributed by atoms with van der Waals surface area (Å²) in [5.74, 6) is 1.75. The first-order valence-corrected chi connectivity index (χ1v) is 11.2. The summed E-state index contributed by atoms with van der Waals surface area (Å²) in [7, 11) is 0. The minimum atomic E-state index is 0.270. The van der Waals surface area contributed by atoms with E-state index in [-0.39, 0.29) is 5.91 Å². The van der Waals surface area contributed by atoms with Crippen molar-refractivity contribution in [2.75, 3.05) is 52.4 Å². The Labute approximate surface area is 166 Å². The quantitative estimate of drug-likeness (QED) is 0.386. The molecule has 0 aromatic carbocycles. The van der Waals surface area contributed by atoms with Crippen molar-refractivity contribution in [3.05, 3.63) is 0 Å². The van der Waals surface area contributed by atoms with Gasteiger partial charge in [-0.25, -0.2) is 0 Å². The van der Waals surface area contributed by atoms with Gasteiger partial charge < -0.3 is 20.4 Å². The fraction of sp³-hybridized carbons (Fsp3) is 0.905. The Morgan fingerprint density at radius 1 is 1.07 bits per heavy atom. The summed E-state index contributed by atoms with van der Waals surface area (Å²) < 4.78 is 0. The summed E-state index contributed by atoms with van der Waals surface area (Å²) in [5, 5.41) is 6.62. The van der Waals surface area contributed by atoms with Crippen molar-refractivity contribution in [2.45, 2.75) is 65.2 Å². The van der Waals surface area contributed by atoms with Crippen LogP contribution < -0.4 is 10.6 Å². The van der Waals surface area contributed by atoms with Crippen LogP contribution in [0.15, 0.2) is 4.99 Å². The zero-order valence-electron chi connectivity index (χ0n) is 17.6. The number of guanidine groups is 1. The number of rotatable bonds is 8. The Balaban J connectivity index is 1.64. The first kappa shape index (κ1) is 22.0. The maximum atomic E-state index is 12.4. The van der Waals surface area contributed by atoms with E-state index in [1.165, 1.54) is 45.2 Å². The van der Waals surface area contributed by atoms with Crippen molar-refractivity contribution < 1.29 is 4.79 Å². The molecule has 2 saturated heterocycles. The van der Waals surface area contributed by atoms with Gasteiger partial charge in [-0.3, -0.25) is 9.79 Å². The minimum Gasteiger partial charge on any atom is -0.357 e. The Morgan fingerprint density at radius 2 is 1.85 bits per heavy atom. The molecule has 6 nitrogen and oxygen atoms in total. The molecule has 1 unspecified atom stereocenters. The zero-order chi connectivity index (χ0) is 19.3. The maximum absolute atomic E-state index is 12.4. The van der Waals surface area contributed by atoms with E-state index in [4.69, 9.17) is 0 Å². The lowest BCUT2D eigenvalue weighted by molar-refractivity contribution is -0.132. The topological polar surface area (TPSA) is 60.0 Å². The minimum absolute atomic E-state index is 0.270. The van der Waals surface area contributed by atoms with Gasteiger partial charge in [0.05, 0.1) is 0 Å². The van der Waals surface area contributed by atoms with Gasteiger partial charge in [0.2, 0.25) is 5.91 Å². The summed E-state index contributed by atoms with van der Waals surface area (Å²) >= 11 is 0. The number of amides is 1. The van der Waals surface area contributed by atoms with Gasteiger partial charge in [-0.2, -0.15) is 0 Å². The van der Waals surface area contributed by atoms with Crippen LogP contribution in [0.4, 0.5) is 0 Å². The SMILES string of the molecule is CCNC(=NCCCN1CCCCCC1)NCCC(=O)N1CCCC(C)C1. The summed E-state index contributed by atoms with van der Waals surface area (Å²) in [5.41, 5.74) is 0. The fourth-order valence-corrected chi connectivity index (χ4v) is 4.05. The van der Waals surface area contributed by atoms with Crippen LogP contribution in [0.1, 0.15) is 65.2 Å². The van der Waals surface area contributed by atoms with E-state index in [0.29, 0.717) is 18.9 Å². The molecule has 2 heterocycles. The molecule has 2 aliphatic heterocycles. The molecular formula is C21H41N5O. The predicted octanol–water partition coefficient (Wildman–Crippen LogP) is 2.46. The molecule has 0 saturated carbocycles. The van der Waals surface area contributed by atoms with Crippen LogP contribution in [0.5, 0.6) is 0 Å². The number of likely N-dealkylation sites (tertiary alicyclic amines) is 2. The van der Waals surface area contributed by atoms with Crippen molar-refractivity contribution in [3.8, 4) is 0 Å². The lowest BCUT2D eigenvalue weighted by Crippen LogP contribution is -2.42. The van der Waals surface area contributed by atoms with Gasteiger partial charge in [0.1, 0.15) is 0 Å². The van der Waals surface area contributed by atoms with E-state index in [0.717, 1.165) is 51.5 Å². The van der Waals surface area contributed by atoms with E-state index in [9.17, 15) is 4.79 Å². The molecule has 2 rings (SSSR count). The van der Waals surface area contributed by atoms with Crippen LogP contribution in [0.3, 0.4) is 0 Å². The standard InChI is InChI=1S/C21H41N5O/c1-3-22-21(23-12-9-16-25-14-6-4-5-7-15-25)24-13-11-20(27)26-17-8-10-19(2)18-26/h19H,3-18H2,1-2H3,(H2,22,23,24). The number of hydrogen-bond donors (Lipinski definition) is 2. The Kier molecular flexibility index (Phi) is 10.6. The first-order chi connectivity index (χ1) is 13.2. The molecule has 0 aromatic heterocycles. The number of aliphatic imine (C=N–C) groups is 1. The molecule has 156 valence electrons. The van der Waals surface area contributed by atoms with Gasteiger partial charge in [0.15, 0.2) is 5.96 Å². The summed E-state index contributed by atoms with van der Waals surface area (Å²) in [6.45, 7) is 12.1. The molecule has 0 radical (unpaired) electrons. The van der Waals surface area contributed by atoms with E-state index >= 15 is 0 Å². The van der Waals surface area contributed by atoms with Gasteiger partial charge in [-0.1, -0.05) is 19.8 Å². The van der Waals surface area contributed by atoms with Crippen molar-refractivity contribution in [2.24, 2.45) is 10.9 Å². The van der Waals surface area contributed by atoms with Crippen LogP contribution in [-0.2, 0) is 4.79 Å². The second kappa shape index (κ2) is 13.0. The average Bonchev–Trinajstić information content (AvgIpc) is 2.94. The predicted molar refractivity (Wildman–Crippen MR) is 113 cm³/mol. The second-order valence-corrected chi connectivity index (χ2v) is 8.13. The molecule has 2 fully saturated rings. The Morgan fingerprint density at radius 3 is 2.56 bits per heavy atom. The van der Waals surface area contributed by atoms with Crippen molar-refractivity contribution >= 4 is 11.9 Å². The first-order valence-electron chi connectivity index (χ1n) is 11.2. The lowest BCUT2D eigenvalue weighted by Gasteiger charge is -2.31. The van der Waals surface area contributed by atoms with Crippen LogP contribution in [0, 0.1) is 5.92 Å². The molecule has 2 aliphatic rings. The molecule has 27 heavy (non-hydrogen) atoms. The van der Waals surface area contributed by atoms with E-state index in [2.05, 4.69) is 34.4 Å². The van der Waals surface area contributed by atoms with Crippen LogP contribution >= 0.6 is 0 Å². The van der Waals surface area contributed by atoms with E-state index in [1.54, 1.807) is 0 Å². The molecule has 2 N–H and O–H groups in total. The molecule has 1 atom stereocenters. The normalized spacial score (nSPS) is 22.4. The third-order valence-corrected chi connectivity index (χ3v) is 5.59. The van der Waals surface area contributed by atoms with Crippen molar-refractivity contribution in [3.63, 3.8) is 0 Å². The average molecular weight is 380 g/mol. The molecular weight excluding hydrogens is 338 g/mol. The molecule has 0 spiro atoms. The highest BCUT2D eigenvalue weighted by Crippen LogP contribution is 2.15. The molecule has 0 aliphatic carbocycles. The zero-order valence-corrected chi connectivity index (χ0v) is 17.6. The highest BCUT2D eigenvalue weighted by atomic mass is 16.2. The monoisotopic (exact) mass is 379 g/mol. The van der Waals surface area contributed by atoms with Gasteiger partial charge >= 0.3 is 0 Å². The van der Waals surface area contributed by atoms with E-state index < -0.39 is 0 Å². The van der Waals surface area contributed by atoms with Crippen molar-refractivity contribution in [1.29, 1.82) is 0 Å². The highest BCUT2D eigenvalue weighted by molar-refractivity contribution is 5.81. The smallest absolute Gasteiger partial charge is 0.224 e. The van der Waals surface area contributed by atoms with Gasteiger partial charge in [-0.05, 0) is 64.6 Å². The summed E-state index contributed by atoms with van der Waals surface area (Å²) in [4.78, 5) is 21.7. The maximum Gasteiger partial charge on any atom is 0.224 e. The largest absolute Gasteiger partial charge is 0.357 e. The van der Waals surface area contributed by atoms with Crippen LogP contribution in [0.25, 0.3) is 0 Å². The van der Waals surface area contributed by atoms with Crippen LogP contribution in [-0.4, -0.2) is 74.0 Å². The summed E-state index contributed by atoms with van der Waals surface area (Å²) in [6, 6.07) is 0. The van der Waals surface area contributed by atoms with E-state index in [1.807, 2.05) is 4.90 Å². The number of nitrogens with one attached hydrogen (secondary N) is 2. The second-order valence-electron chi connectivity index (χ2n) is 8.13. The molecule has 1 amide bonds. The number of carbonyl (C=O) groups excluding carboxylic acids is 1. The highest BCUT2D eigenvalue weighted by Gasteiger charge is 2.20. The Hall–Kier alpha value is -1.30. The summed E-state index contributed by atoms with van der Waals surface area (Å²) in [6.07, 6.45) is 9.50. The third kappa shape index (κ3) is 8.96. The number of nitrogens with zero attached hydrogens (tertiary/aromatic N) is 3. The lowest BCUT2D eigenvalue weighted by atomic mass is 10.00. The fourth-order valence-electron chi connectivity index (χ4n) is 4.05. The number of piperidine rings is 1.